The van der Waals surface area contributed by atoms with Gasteiger partial charge in [0.1, 0.15) is 5.78 Å². The Kier molecular flexibility index (Phi) is 5.69. The van der Waals surface area contributed by atoms with Gasteiger partial charge in [-0.1, -0.05) is 19.9 Å². The Bertz CT molecular complexity index is 147. The molecule has 1 heteroatoms. The summed E-state index contributed by atoms with van der Waals surface area (Å²) in [4.78, 5) is 10.9. The second kappa shape index (κ2) is 5.99. The van der Waals surface area contributed by atoms with Crippen LogP contribution in [0.25, 0.3) is 0 Å². The van der Waals surface area contributed by atoms with Crippen LogP contribution in [0.15, 0.2) is 12.7 Å². The van der Waals surface area contributed by atoms with Crippen molar-refractivity contribution in [1.29, 1.82) is 0 Å². The highest BCUT2D eigenvalue weighted by molar-refractivity contribution is 5.75. The third-order valence-electron chi connectivity index (χ3n) is 2.23. The minimum atomic E-state index is 0.303. The van der Waals surface area contributed by atoms with Crippen LogP contribution < -0.4 is 0 Å². The number of carbonyl (C=O) groups is 1. The molecule has 0 spiro atoms. The topological polar surface area (TPSA) is 17.1 Å². The van der Waals surface area contributed by atoms with E-state index in [1.807, 2.05) is 6.08 Å². The summed E-state index contributed by atoms with van der Waals surface area (Å²) in [6.45, 7) is 9.71. The Morgan fingerprint density at radius 3 is 2.42 bits per heavy atom. The first-order valence-electron chi connectivity index (χ1n) is 4.68. The van der Waals surface area contributed by atoms with Gasteiger partial charge in [0.15, 0.2) is 0 Å². The fourth-order valence-electron chi connectivity index (χ4n) is 1.37. The average Bonchev–Trinajstić information content (AvgIpc) is 1.96. The lowest BCUT2D eigenvalue weighted by Gasteiger charge is -2.18. The van der Waals surface area contributed by atoms with E-state index in [2.05, 4.69) is 20.4 Å². The minimum absolute atomic E-state index is 0.303. The molecule has 0 rings (SSSR count). The molecule has 0 bridgehead atoms. The van der Waals surface area contributed by atoms with Crippen LogP contribution in [0, 0.1) is 11.8 Å². The molecular formula is C11H20O. The van der Waals surface area contributed by atoms with Gasteiger partial charge in [-0.05, 0) is 31.6 Å². The molecule has 1 nitrogen and oxygen atoms in total. The van der Waals surface area contributed by atoms with Crippen molar-refractivity contribution in [2.24, 2.45) is 11.8 Å². The standard InChI is InChI=1S/C11H20O/c1-5-6-7-11(9(2)3)8-10(4)12/h5,9,11H,1,6-8H2,2-4H3. The zero-order chi connectivity index (χ0) is 9.56. The molecule has 0 aromatic carbocycles. The van der Waals surface area contributed by atoms with Gasteiger partial charge in [0.2, 0.25) is 0 Å². The molecule has 70 valence electrons. The summed E-state index contributed by atoms with van der Waals surface area (Å²) in [5.74, 6) is 1.45. The van der Waals surface area contributed by atoms with Gasteiger partial charge in [-0.15, -0.1) is 6.58 Å². The molecule has 0 aliphatic rings. The van der Waals surface area contributed by atoms with Gasteiger partial charge in [-0.2, -0.15) is 0 Å². The van der Waals surface area contributed by atoms with E-state index in [4.69, 9.17) is 0 Å². The second-order valence-corrected chi connectivity index (χ2v) is 3.78. The predicted molar refractivity (Wildman–Crippen MR) is 53.1 cm³/mol. The maximum absolute atomic E-state index is 10.9. The smallest absolute Gasteiger partial charge is 0.130 e. The van der Waals surface area contributed by atoms with Crippen molar-refractivity contribution in [3.8, 4) is 0 Å². The van der Waals surface area contributed by atoms with Crippen LogP contribution in [0.2, 0.25) is 0 Å². The Morgan fingerprint density at radius 2 is 2.08 bits per heavy atom. The van der Waals surface area contributed by atoms with Crippen LogP contribution in [0.3, 0.4) is 0 Å². The third-order valence-corrected chi connectivity index (χ3v) is 2.23. The molecule has 0 aromatic rings. The van der Waals surface area contributed by atoms with Crippen molar-refractivity contribution >= 4 is 5.78 Å². The molecule has 0 aromatic heterocycles. The number of hydrogen-bond donors (Lipinski definition) is 0. The van der Waals surface area contributed by atoms with Gasteiger partial charge in [0, 0.05) is 6.42 Å². The van der Waals surface area contributed by atoms with E-state index in [1.54, 1.807) is 6.92 Å². The molecule has 0 N–H and O–H groups in total. The summed E-state index contributed by atoms with van der Waals surface area (Å²) in [5.41, 5.74) is 0. The molecule has 0 aliphatic heterocycles. The van der Waals surface area contributed by atoms with E-state index in [9.17, 15) is 4.79 Å². The molecule has 0 saturated heterocycles. The summed E-state index contributed by atoms with van der Waals surface area (Å²) in [6.07, 6.45) is 4.78. The summed E-state index contributed by atoms with van der Waals surface area (Å²) < 4.78 is 0. The Balaban J connectivity index is 3.85. The van der Waals surface area contributed by atoms with Gasteiger partial charge in [0.25, 0.3) is 0 Å². The highest BCUT2D eigenvalue weighted by atomic mass is 16.1. The average molecular weight is 168 g/mol. The molecule has 0 amide bonds. The molecule has 0 fully saturated rings. The first-order chi connectivity index (χ1) is 5.57. The van der Waals surface area contributed by atoms with Crippen LogP contribution >= 0.6 is 0 Å². The number of rotatable bonds is 6. The maximum atomic E-state index is 10.9. The normalized spacial score (nSPS) is 13.0. The van der Waals surface area contributed by atoms with Gasteiger partial charge in [-0.25, -0.2) is 0 Å². The zero-order valence-corrected chi connectivity index (χ0v) is 8.47. The lowest BCUT2D eigenvalue weighted by atomic mass is 9.87. The molecule has 0 heterocycles. The molecule has 0 saturated carbocycles. The lowest BCUT2D eigenvalue weighted by molar-refractivity contribution is -0.118. The summed E-state index contributed by atoms with van der Waals surface area (Å²) in [7, 11) is 0. The number of ketones is 1. The molecule has 0 radical (unpaired) electrons. The van der Waals surface area contributed by atoms with Crippen molar-refractivity contribution in [1.82, 2.24) is 0 Å². The molecule has 12 heavy (non-hydrogen) atoms. The second-order valence-electron chi connectivity index (χ2n) is 3.78. The summed E-state index contributed by atoms with van der Waals surface area (Å²) in [5, 5.41) is 0. The largest absolute Gasteiger partial charge is 0.300 e. The molecular weight excluding hydrogens is 148 g/mol. The summed E-state index contributed by atoms with van der Waals surface area (Å²) in [6, 6.07) is 0. The Labute approximate surface area is 75.9 Å². The SMILES string of the molecule is C=CCCC(CC(C)=O)C(C)C. The highest BCUT2D eigenvalue weighted by Gasteiger charge is 2.13. The van der Waals surface area contributed by atoms with E-state index in [-0.39, 0.29) is 0 Å². The Morgan fingerprint density at radius 1 is 1.50 bits per heavy atom. The fraction of sp³-hybridized carbons (Fsp3) is 0.727. The number of carbonyl (C=O) groups excluding carboxylic acids is 1. The zero-order valence-electron chi connectivity index (χ0n) is 8.47. The summed E-state index contributed by atoms with van der Waals surface area (Å²) >= 11 is 0. The maximum Gasteiger partial charge on any atom is 0.130 e. The quantitative estimate of drug-likeness (QED) is 0.557. The van der Waals surface area contributed by atoms with Gasteiger partial charge < -0.3 is 4.79 Å². The van der Waals surface area contributed by atoms with Crippen LogP contribution in [-0.2, 0) is 4.79 Å². The van der Waals surface area contributed by atoms with Crippen LogP contribution in [0.5, 0.6) is 0 Å². The van der Waals surface area contributed by atoms with Crippen molar-refractivity contribution in [3.63, 3.8) is 0 Å². The van der Waals surface area contributed by atoms with E-state index < -0.39 is 0 Å². The highest BCUT2D eigenvalue weighted by Crippen LogP contribution is 2.21. The molecule has 1 unspecified atom stereocenters. The minimum Gasteiger partial charge on any atom is -0.300 e. The van der Waals surface area contributed by atoms with Gasteiger partial charge in [-0.3, -0.25) is 0 Å². The van der Waals surface area contributed by atoms with E-state index in [0.717, 1.165) is 19.3 Å². The van der Waals surface area contributed by atoms with E-state index >= 15 is 0 Å². The van der Waals surface area contributed by atoms with E-state index in [1.165, 1.54) is 0 Å². The van der Waals surface area contributed by atoms with Crippen LogP contribution in [0.1, 0.15) is 40.0 Å². The number of Topliss-reactive ketones (excluding diaryl/α,β-unsaturated/α-hetero) is 1. The van der Waals surface area contributed by atoms with Crippen molar-refractivity contribution < 1.29 is 4.79 Å². The van der Waals surface area contributed by atoms with Gasteiger partial charge in [0.05, 0.1) is 0 Å². The third kappa shape index (κ3) is 5.11. The molecule has 0 aliphatic carbocycles. The fourth-order valence-corrected chi connectivity index (χ4v) is 1.37. The number of allylic oxidation sites excluding steroid dienone is 1. The first kappa shape index (κ1) is 11.4. The molecule has 1 atom stereocenters. The van der Waals surface area contributed by atoms with Crippen molar-refractivity contribution in [3.05, 3.63) is 12.7 Å². The van der Waals surface area contributed by atoms with Crippen LogP contribution in [0.4, 0.5) is 0 Å². The first-order valence-corrected chi connectivity index (χ1v) is 4.68. The van der Waals surface area contributed by atoms with Gasteiger partial charge >= 0.3 is 0 Å². The predicted octanol–water partition coefficient (Wildman–Crippen LogP) is 3.20. The van der Waals surface area contributed by atoms with E-state index in [0.29, 0.717) is 17.6 Å². The van der Waals surface area contributed by atoms with Crippen molar-refractivity contribution in [2.45, 2.75) is 40.0 Å². The number of hydrogen-bond acceptors (Lipinski definition) is 1. The monoisotopic (exact) mass is 168 g/mol. The lowest BCUT2D eigenvalue weighted by Crippen LogP contribution is -2.12. The Hall–Kier alpha value is -0.590. The van der Waals surface area contributed by atoms with Crippen LogP contribution in [-0.4, -0.2) is 5.78 Å². The van der Waals surface area contributed by atoms with Crippen molar-refractivity contribution in [2.75, 3.05) is 0 Å².